The van der Waals surface area contributed by atoms with Gasteiger partial charge in [0.1, 0.15) is 29.5 Å². The maximum atomic E-state index is 13.8. The zero-order valence-electron chi connectivity index (χ0n) is 34.9. The largest absolute Gasteiger partial charge is 0.453 e. The van der Waals surface area contributed by atoms with Crippen LogP contribution in [0.3, 0.4) is 0 Å². The molecule has 7 rings (SSSR count). The number of hydrogen-bond acceptors (Lipinski definition) is 11. The van der Waals surface area contributed by atoms with Crippen LogP contribution < -0.4 is 10.6 Å². The predicted octanol–water partition coefficient (Wildman–Crippen LogP) is 6.06. The van der Waals surface area contributed by atoms with E-state index in [9.17, 15) is 19.5 Å². The number of amides is 3. The van der Waals surface area contributed by atoms with Gasteiger partial charge in [0.25, 0.3) is 12.3 Å². The number of carbonyl (C=O) groups is 3. The molecule has 0 aliphatic carbocycles. The second-order valence-corrected chi connectivity index (χ2v) is 15.4. The molecule has 0 saturated carbocycles. The Morgan fingerprint density at radius 2 is 1.51 bits per heavy atom. The number of aliphatic hydroxyl groups is 1. The van der Waals surface area contributed by atoms with Gasteiger partial charge >= 0.3 is 6.09 Å². The van der Waals surface area contributed by atoms with Crippen LogP contribution in [0.2, 0.25) is 0 Å². The smallest absolute Gasteiger partial charge is 0.407 e. The number of methoxy groups -OCH3 is 1. The molecule has 2 fully saturated rings. The topological polar surface area (TPSA) is 204 Å². The van der Waals surface area contributed by atoms with Gasteiger partial charge in [0.15, 0.2) is 6.04 Å². The van der Waals surface area contributed by atoms with Gasteiger partial charge in [0.2, 0.25) is 13.0 Å². The molecule has 16 heteroatoms. The third-order valence-electron chi connectivity index (χ3n) is 11.8. The van der Waals surface area contributed by atoms with E-state index < -0.39 is 24.6 Å². The fourth-order valence-corrected chi connectivity index (χ4v) is 8.25. The maximum Gasteiger partial charge on any atom is 0.407 e. The Labute approximate surface area is 355 Å². The molecule has 16 nitrogen and oxygen atoms in total. The number of benzene rings is 2. The molecule has 0 bridgehead atoms. The summed E-state index contributed by atoms with van der Waals surface area (Å²) in [5, 5.41) is 15.6. The summed E-state index contributed by atoms with van der Waals surface area (Å²) in [6, 6.07) is 11.8. The lowest BCUT2D eigenvalue weighted by molar-refractivity contribution is -0.142. The highest BCUT2D eigenvalue weighted by molar-refractivity contribution is 5.87. The third kappa shape index (κ3) is 9.06. The van der Waals surface area contributed by atoms with Crippen LogP contribution in [0.15, 0.2) is 73.7 Å². The molecule has 5 heterocycles. The van der Waals surface area contributed by atoms with Gasteiger partial charge in [-0.25, -0.2) is 20.1 Å². The van der Waals surface area contributed by atoms with Gasteiger partial charge in [0, 0.05) is 24.2 Å². The number of aliphatic hydroxyl groups excluding tert-OH is 1. The molecule has 5 N–H and O–H groups in total. The summed E-state index contributed by atoms with van der Waals surface area (Å²) in [6.45, 7) is 10.6. The predicted molar refractivity (Wildman–Crippen MR) is 229 cm³/mol. The van der Waals surface area contributed by atoms with E-state index in [1.807, 2.05) is 81.0 Å². The van der Waals surface area contributed by atoms with E-state index in [0.29, 0.717) is 36.1 Å². The summed E-state index contributed by atoms with van der Waals surface area (Å²) in [6.07, 6.45) is 11.8. The quantitative estimate of drug-likeness (QED) is 0.0440. The van der Waals surface area contributed by atoms with Crippen molar-refractivity contribution < 1.29 is 29.0 Å². The Bertz CT molecular complexity index is 2310. The van der Waals surface area contributed by atoms with Gasteiger partial charge in [-0.15, -0.1) is 0 Å². The van der Waals surface area contributed by atoms with Crippen LogP contribution >= 0.6 is 0 Å². The molecule has 61 heavy (non-hydrogen) atoms. The maximum absolute atomic E-state index is 13.8. The van der Waals surface area contributed by atoms with Crippen molar-refractivity contribution in [2.75, 3.05) is 20.2 Å². The average molecular weight is 830 g/mol. The molecule has 2 aromatic carbocycles. The van der Waals surface area contributed by atoms with Crippen LogP contribution in [-0.2, 0) is 19.1 Å². The molecule has 316 valence electrons. The summed E-state index contributed by atoms with van der Waals surface area (Å²) in [7, 11) is 4.53. The summed E-state index contributed by atoms with van der Waals surface area (Å²) in [5.74, 6) is 0.496. The van der Waals surface area contributed by atoms with Gasteiger partial charge in [-0.3, -0.25) is 19.6 Å². The molecular weight excluding hydrogens is 777 g/mol. The van der Waals surface area contributed by atoms with Crippen LogP contribution in [0.4, 0.5) is 4.79 Å². The summed E-state index contributed by atoms with van der Waals surface area (Å²) in [5.41, 5.74) is 6.51. The van der Waals surface area contributed by atoms with E-state index in [1.54, 1.807) is 29.6 Å². The van der Waals surface area contributed by atoms with Gasteiger partial charge < -0.3 is 34.9 Å². The van der Waals surface area contributed by atoms with E-state index in [2.05, 4.69) is 39.3 Å². The number of aromatic nitrogens is 6. The highest BCUT2D eigenvalue weighted by atomic mass is 16.6. The van der Waals surface area contributed by atoms with E-state index >= 15 is 0 Å². The molecule has 3 amide bonds. The monoisotopic (exact) mass is 829 g/mol. The lowest BCUT2D eigenvalue weighted by Gasteiger charge is -2.29. The molecule has 7 unspecified atom stereocenters. The van der Waals surface area contributed by atoms with Crippen LogP contribution in [0.1, 0.15) is 70.2 Å². The number of H-pyrrole nitrogens is 2. The highest BCUT2D eigenvalue weighted by Gasteiger charge is 2.42. The molecule has 3 aromatic heterocycles. The number of alkyl carbamates (subject to hydrolysis) is 1. The van der Waals surface area contributed by atoms with Gasteiger partial charge in [0.05, 0.1) is 92.6 Å². The number of imidazole rings is 2. The molecule has 0 radical (unpaired) electrons. The average Bonchev–Trinajstić information content (AvgIpc) is 4.14. The first-order valence-electron chi connectivity index (χ1n) is 20.6. The summed E-state index contributed by atoms with van der Waals surface area (Å²) in [4.78, 5) is 69.2. The fraction of sp³-hybridized carbons (Fsp3) is 0.378. The molecule has 0 spiro atoms. The van der Waals surface area contributed by atoms with Crippen molar-refractivity contribution >= 4 is 28.9 Å². The Morgan fingerprint density at radius 1 is 0.885 bits per heavy atom. The minimum Gasteiger partial charge on any atom is -0.453 e. The molecule has 2 aliphatic heterocycles. The zero-order valence-corrected chi connectivity index (χ0v) is 34.9. The summed E-state index contributed by atoms with van der Waals surface area (Å²) >= 11 is 0. The SMILES string of the molecule is C=CC([CH+]C)C(NC(=O)OC)C(=O)N1CCCC1c1ncc(-c2ccc(-c3cnc(-c4ccc5nc(C6CCCN6C(=O)C(NC(O)O[CH2+])C(C)[CH+]C)[nH]c5c4)cn3)cc2)[nH]1. The Hall–Kier alpha value is -6.36. The molecule has 5 aromatic rings. The molecule has 2 saturated heterocycles. The minimum atomic E-state index is -1.37. The number of rotatable bonds is 16. The number of nitrogens with one attached hydrogen (secondary N) is 4. The normalized spacial score (nSPS) is 18.9. The van der Waals surface area contributed by atoms with E-state index in [4.69, 9.17) is 24.4 Å². The van der Waals surface area contributed by atoms with Crippen molar-refractivity contribution in [2.24, 2.45) is 11.8 Å². The number of ether oxygens (including phenoxy) is 2. The standard InChI is InChI=1S/C45H52N10O6/c1-7-26(4)38(52-44(58)60-5)42(56)55-21-11-13-37(55)41-49-31-19-18-30(22-32(31)50-41)34-24-46-33(23-47-34)28-14-16-29(17-15-28)35-25-48-40(51-35)36-12-10-20-54(36)43(57)39(27(8-2)9-3)53-45(59)61-6/h7-9,14-19,22-27,36-39,44,52,58H,2,5,10-13,20-21H2,1,3-4,6H3,(H2-,46,47,48,49,50,51,53,59)/q+2/p+1. The first-order valence-corrected chi connectivity index (χ1v) is 20.6. The molecular formula is C45H53N10O6+3. The van der Waals surface area contributed by atoms with Crippen molar-refractivity contribution in [3.8, 4) is 33.8 Å². The van der Waals surface area contributed by atoms with Crippen molar-refractivity contribution in [1.82, 2.24) is 50.3 Å². The minimum absolute atomic E-state index is 0.137. The van der Waals surface area contributed by atoms with Crippen molar-refractivity contribution in [2.45, 2.75) is 77.0 Å². The summed E-state index contributed by atoms with van der Waals surface area (Å²) < 4.78 is 9.53. The van der Waals surface area contributed by atoms with E-state index in [1.165, 1.54) is 7.11 Å². The van der Waals surface area contributed by atoms with Crippen LogP contribution in [-0.4, -0.2) is 101 Å². The zero-order chi connectivity index (χ0) is 43.2. The van der Waals surface area contributed by atoms with Crippen molar-refractivity contribution in [1.29, 1.82) is 0 Å². The molecule has 7 atom stereocenters. The number of aromatic amines is 2. The third-order valence-corrected chi connectivity index (χ3v) is 11.8. The van der Waals surface area contributed by atoms with Crippen LogP contribution in [0.5, 0.6) is 0 Å². The van der Waals surface area contributed by atoms with Crippen molar-refractivity contribution in [3.63, 3.8) is 0 Å². The van der Waals surface area contributed by atoms with Crippen LogP contribution in [0.25, 0.3) is 44.8 Å². The number of nitrogens with zero attached hydrogens (tertiary/aromatic N) is 6. The second-order valence-electron chi connectivity index (χ2n) is 15.4. The van der Waals surface area contributed by atoms with Gasteiger partial charge in [-0.05, 0) is 56.4 Å². The van der Waals surface area contributed by atoms with E-state index in [-0.39, 0.29) is 35.7 Å². The van der Waals surface area contributed by atoms with Crippen LogP contribution in [0, 0.1) is 31.8 Å². The fourth-order valence-electron chi connectivity index (χ4n) is 8.25. The highest BCUT2D eigenvalue weighted by Crippen LogP contribution is 2.35. The van der Waals surface area contributed by atoms with E-state index in [0.717, 1.165) is 59.1 Å². The first-order chi connectivity index (χ1) is 29.6. The molecule has 2 aliphatic rings. The first kappa shape index (κ1) is 42.8. The Balaban J connectivity index is 1.02. The lowest BCUT2D eigenvalue weighted by atomic mass is 9.95. The number of carbonyl (C=O) groups excluding carboxylic acids is 3. The second kappa shape index (κ2) is 18.9. The van der Waals surface area contributed by atoms with Crippen molar-refractivity contribution in [3.05, 3.63) is 105 Å². The number of hydrogen-bond donors (Lipinski definition) is 5. The Kier molecular flexibility index (Phi) is 13.3. The lowest BCUT2D eigenvalue weighted by Crippen LogP contribution is -2.53. The van der Waals surface area contributed by atoms with Gasteiger partial charge in [-0.2, -0.15) is 4.74 Å². The van der Waals surface area contributed by atoms with Gasteiger partial charge in [-0.1, -0.05) is 36.9 Å². The number of likely N-dealkylation sites (tertiary alicyclic amines) is 2. The number of fused-ring (bicyclic) bond motifs is 1. The Morgan fingerprint density at radius 3 is 2.11 bits per heavy atom.